The highest BCUT2D eigenvalue weighted by atomic mass is 15.1. The highest BCUT2D eigenvalue weighted by molar-refractivity contribution is 5.53. The summed E-state index contributed by atoms with van der Waals surface area (Å²) in [7, 11) is 0. The molecule has 4 heteroatoms. The molecule has 0 atom stereocenters. The van der Waals surface area contributed by atoms with Gasteiger partial charge in [0.25, 0.3) is 0 Å². The minimum atomic E-state index is 0.558. The maximum atomic E-state index is 5.55. The molecular weight excluding hydrogens is 224 g/mol. The smallest absolute Gasteiger partial charge is 0.227 e. The summed E-state index contributed by atoms with van der Waals surface area (Å²) in [6.45, 7) is 2.70. The van der Waals surface area contributed by atoms with Crippen LogP contribution >= 0.6 is 0 Å². The topological polar surface area (TPSA) is 63.8 Å². The average molecular weight is 242 g/mol. The summed E-state index contributed by atoms with van der Waals surface area (Å²) in [5.41, 5.74) is 8.80. The molecule has 0 bridgehead atoms. The second kappa shape index (κ2) is 6.12. The predicted octanol–water partition coefficient (Wildman–Crippen LogP) is 2.63. The van der Waals surface area contributed by atoms with Crippen molar-refractivity contribution in [3.63, 3.8) is 0 Å². The minimum absolute atomic E-state index is 0.558. The van der Waals surface area contributed by atoms with Gasteiger partial charge in [0.15, 0.2) is 0 Å². The number of nitrogens with zero attached hydrogens (tertiary/aromatic N) is 2. The van der Waals surface area contributed by atoms with E-state index >= 15 is 0 Å². The van der Waals surface area contributed by atoms with Crippen molar-refractivity contribution in [2.24, 2.45) is 5.73 Å². The summed E-state index contributed by atoms with van der Waals surface area (Å²) in [6, 6.07) is 7.94. The van der Waals surface area contributed by atoms with Crippen molar-refractivity contribution >= 4 is 11.6 Å². The molecule has 0 radical (unpaired) electrons. The highest BCUT2D eigenvalue weighted by Crippen LogP contribution is 2.13. The Morgan fingerprint density at radius 1 is 1.06 bits per heavy atom. The second-order valence-corrected chi connectivity index (χ2v) is 4.19. The van der Waals surface area contributed by atoms with E-state index < -0.39 is 0 Å². The first-order valence-electron chi connectivity index (χ1n) is 6.18. The Kier molecular flexibility index (Phi) is 4.25. The Bertz CT molecular complexity index is 476. The number of nitrogens with one attached hydrogen (secondary N) is 1. The van der Waals surface area contributed by atoms with Gasteiger partial charge >= 0.3 is 0 Å². The highest BCUT2D eigenvalue weighted by Gasteiger charge is 1.98. The monoisotopic (exact) mass is 242 g/mol. The van der Waals surface area contributed by atoms with Crippen LogP contribution in [-0.2, 0) is 13.0 Å². The van der Waals surface area contributed by atoms with Gasteiger partial charge in [-0.15, -0.1) is 0 Å². The molecule has 2 aromatic rings. The molecule has 0 aliphatic carbocycles. The largest absolute Gasteiger partial charge is 0.326 e. The number of hydrogen-bond donors (Lipinski definition) is 2. The lowest BCUT2D eigenvalue weighted by Crippen LogP contribution is -1.99. The molecule has 94 valence electrons. The van der Waals surface area contributed by atoms with Gasteiger partial charge in [0, 0.05) is 24.6 Å². The van der Waals surface area contributed by atoms with Crippen LogP contribution in [0.3, 0.4) is 0 Å². The summed E-state index contributed by atoms with van der Waals surface area (Å²) in [4.78, 5) is 8.58. The van der Waals surface area contributed by atoms with Crippen LogP contribution in [0.2, 0.25) is 0 Å². The zero-order valence-electron chi connectivity index (χ0n) is 10.6. The van der Waals surface area contributed by atoms with Gasteiger partial charge in [0.1, 0.15) is 0 Å². The van der Waals surface area contributed by atoms with E-state index in [1.807, 2.05) is 36.7 Å². The third kappa shape index (κ3) is 3.28. The van der Waals surface area contributed by atoms with Crippen molar-refractivity contribution in [1.82, 2.24) is 9.97 Å². The molecule has 0 saturated carbocycles. The van der Waals surface area contributed by atoms with Gasteiger partial charge in [-0.25, -0.2) is 9.97 Å². The third-order valence-electron chi connectivity index (χ3n) is 2.69. The van der Waals surface area contributed by atoms with Gasteiger partial charge in [-0.05, 0) is 29.7 Å². The Labute approximate surface area is 107 Å². The van der Waals surface area contributed by atoms with Gasteiger partial charge < -0.3 is 11.1 Å². The van der Waals surface area contributed by atoms with Crippen LogP contribution in [0.25, 0.3) is 0 Å². The normalized spacial score (nSPS) is 10.3. The van der Waals surface area contributed by atoms with Crippen LogP contribution in [0.1, 0.15) is 24.5 Å². The quantitative estimate of drug-likeness (QED) is 0.846. The van der Waals surface area contributed by atoms with E-state index in [9.17, 15) is 0 Å². The summed E-state index contributed by atoms with van der Waals surface area (Å²) in [6.07, 6.45) is 5.86. The predicted molar refractivity (Wildman–Crippen MR) is 73.6 cm³/mol. The lowest BCUT2D eigenvalue weighted by molar-refractivity contribution is 0.902. The Hall–Kier alpha value is -1.94. The molecule has 0 fully saturated rings. The van der Waals surface area contributed by atoms with E-state index in [-0.39, 0.29) is 0 Å². The lowest BCUT2D eigenvalue weighted by Gasteiger charge is -2.06. The molecule has 0 aliphatic heterocycles. The molecule has 0 unspecified atom stereocenters. The molecule has 1 aromatic carbocycles. The van der Waals surface area contributed by atoms with Gasteiger partial charge in [-0.3, -0.25) is 0 Å². The van der Waals surface area contributed by atoms with E-state index in [1.165, 1.54) is 5.56 Å². The molecule has 2 rings (SSSR count). The number of aryl methyl sites for hydroxylation is 1. The molecular formula is C14H18N4. The fraction of sp³-hybridized carbons (Fsp3) is 0.286. The molecule has 3 N–H and O–H groups in total. The fourth-order valence-corrected chi connectivity index (χ4v) is 1.69. The van der Waals surface area contributed by atoms with Gasteiger partial charge in [-0.2, -0.15) is 0 Å². The SMILES string of the molecule is CCCc1cnc(Nc2ccc(CN)cc2)nc1. The van der Waals surface area contributed by atoms with E-state index in [1.54, 1.807) is 0 Å². The summed E-state index contributed by atoms with van der Waals surface area (Å²) >= 11 is 0. The maximum Gasteiger partial charge on any atom is 0.227 e. The fourth-order valence-electron chi connectivity index (χ4n) is 1.69. The van der Waals surface area contributed by atoms with Crippen LogP contribution in [0.5, 0.6) is 0 Å². The van der Waals surface area contributed by atoms with Gasteiger partial charge in [-0.1, -0.05) is 25.5 Å². The van der Waals surface area contributed by atoms with Crippen molar-refractivity contribution in [3.05, 3.63) is 47.8 Å². The van der Waals surface area contributed by atoms with Gasteiger partial charge in [0.05, 0.1) is 0 Å². The van der Waals surface area contributed by atoms with Crippen molar-refractivity contribution in [2.75, 3.05) is 5.32 Å². The van der Waals surface area contributed by atoms with E-state index in [0.717, 1.165) is 24.1 Å². The third-order valence-corrected chi connectivity index (χ3v) is 2.69. The van der Waals surface area contributed by atoms with Crippen LogP contribution in [-0.4, -0.2) is 9.97 Å². The van der Waals surface area contributed by atoms with Crippen molar-refractivity contribution in [2.45, 2.75) is 26.3 Å². The molecule has 0 aliphatic rings. The first-order valence-corrected chi connectivity index (χ1v) is 6.18. The Morgan fingerprint density at radius 3 is 2.28 bits per heavy atom. The van der Waals surface area contributed by atoms with Crippen molar-refractivity contribution in [1.29, 1.82) is 0 Å². The van der Waals surface area contributed by atoms with Crippen LogP contribution in [0, 0.1) is 0 Å². The van der Waals surface area contributed by atoms with Crippen LogP contribution < -0.4 is 11.1 Å². The number of rotatable bonds is 5. The average Bonchev–Trinajstić information content (AvgIpc) is 2.42. The second-order valence-electron chi connectivity index (χ2n) is 4.19. The summed E-state index contributed by atoms with van der Waals surface area (Å²) in [5.74, 6) is 0.621. The lowest BCUT2D eigenvalue weighted by atomic mass is 10.2. The van der Waals surface area contributed by atoms with Crippen LogP contribution in [0.4, 0.5) is 11.6 Å². The number of anilines is 2. The zero-order chi connectivity index (χ0) is 12.8. The molecule has 0 saturated heterocycles. The van der Waals surface area contributed by atoms with Crippen LogP contribution in [0.15, 0.2) is 36.7 Å². The van der Waals surface area contributed by atoms with Crippen molar-refractivity contribution in [3.8, 4) is 0 Å². The number of nitrogens with two attached hydrogens (primary N) is 1. The Morgan fingerprint density at radius 2 is 1.72 bits per heavy atom. The maximum absolute atomic E-state index is 5.55. The van der Waals surface area contributed by atoms with Crippen molar-refractivity contribution < 1.29 is 0 Å². The van der Waals surface area contributed by atoms with E-state index in [0.29, 0.717) is 12.5 Å². The summed E-state index contributed by atoms with van der Waals surface area (Å²) < 4.78 is 0. The molecule has 0 amide bonds. The summed E-state index contributed by atoms with van der Waals surface area (Å²) in [5, 5.41) is 3.16. The number of benzene rings is 1. The molecule has 1 aromatic heterocycles. The number of hydrogen-bond acceptors (Lipinski definition) is 4. The zero-order valence-corrected chi connectivity index (χ0v) is 10.6. The van der Waals surface area contributed by atoms with Gasteiger partial charge in [0.2, 0.25) is 5.95 Å². The Balaban J connectivity index is 2.03. The van der Waals surface area contributed by atoms with E-state index in [4.69, 9.17) is 5.73 Å². The number of aromatic nitrogens is 2. The molecule has 1 heterocycles. The first kappa shape index (κ1) is 12.5. The standard InChI is InChI=1S/C14H18N4/c1-2-3-12-9-16-14(17-10-12)18-13-6-4-11(8-15)5-7-13/h4-7,9-10H,2-3,8,15H2,1H3,(H,16,17,18). The minimum Gasteiger partial charge on any atom is -0.326 e. The molecule has 18 heavy (non-hydrogen) atoms. The first-order chi connectivity index (χ1) is 8.81. The molecule has 4 nitrogen and oxygen atoms in total. The molecule has 0 spiro atoms. The van der Waals surface area contributed by atoms with E-state index in [2.05, 4.69) is 22.2 Å².